The van der Waals surface area contributed by atoms with Crippen molar-refractivity contribution < 1.29 is 15.0 Å². The Bertz CT molecular complexity index is 145. The zero-order valence-corrected chi connectivity index (χ0v) is 7.95. The molecule has 3 atom stereocenters. The molecule has 0 bridgehead atoms. The summed E-state index contributed by atoms with van der Waals surface area (Å²) in [5.41, 5.74) is 0. The number of aliphatic hydroxyl groups is 1. The highest BCUT2D eigenvalue weighted by Crippen LogP contribution is 2.17. The third kappa shape index (κ3) is 3.22. The van der Waals surface area contributed by atoms with Gasteiger partial charge >= 0.3 is 5.97 Å². The summed E-state index contributed by atoms with van der Waals surface area (Å²) in [6.07, 6.45) is 1.13. The van der Waals surface area contributed by atoms with Crippen molar-refractivity contribution >= 4 is 5.97 Å². The predicted molar refractivity (Wildman–Crippen MR) is 46.9 cm³/mol. The Labute approximate surface area is 73.4 Å². The summed E-state index contributed by atoms with van der Waals surface area (Å²) in [5.74, 6) is -1.52. The maximum Gasteiger partial charge on any atom is 0.308 e. The Morgan fingerprint density at radius 1 is 1.42 bits per heavy atom. The van der Waals surface area contributed by atoms with Crippen molar-refractivity contribution in [3.05, 3.63) is 0 Å². The number of hydrogen-bond acceptors (Lipinski definition) is 2. The van der Waals surface area contributed by atoms with Gasteiger partial charge < -0.3 is 10.2 Å². The lowest BCUT2D eigenvalue weighted by Crippen LogP contribution is -2.31. The van der Waals surface area contributed by atoms with Gasteiger partial charge in [0.05, 0.1) is 12.0 Å². The first-order valence-electron chi connectivity index (χ1n) is 4.41. The average Bonchev–Trinajstić information content (AvgIpc) is 2.02. The van der Waals surface area contributed by atoms with Crippen LogP contribution in [0.4, 0.5) is 0 Å². The zero-order valence-electron chi connectivity index (χ0n) is 7.95. The summed E-state index contributed by atoms with van der Waals surface area (Å²) in [6.45, 7) is 5.45. The molecule has 72 valence electrons. The fourth-order valence-corrected chi connectivity index (χ4v) is 1.26. The summed E-state index contributed by atoms with van der Waals surface area (Å²) < 4.78 is 0. The summed E-state index contributed by atoms with van der Waals surface area (Å²) in [5, 5.41) is 18.1. The lowest BCUT2D eigenvalue weighted by atomic mass is 9.90. The van der Waals surface area contributed by atoms with E-state index >= 15 is 0 Å². The summed E-state index contributed by atoms with van der Waals surface area (Å²) in [4.78, 5) is 10.5. The molecule has 0 aliphatic heterocycles. The molecule has 0 amide bonds. The molecule has 0 fully saturated rings. The standard InChI is InChI=1S/C9H18O3/c1-4-5-6(2)8(10)7(3)9(11)12/h6-8,10H,4-5H2,1-3H3,(H,11,12). The van der Waals surface area contributed by atoms with E-state index in [1.807, 2.05) is 13.8 Å². The summed E-state index contributed by atoms with van der Waals surface area (Å²) in [6, 6.07) is 0. The molecule has 0 radical (unpaired) electrons. The lowest BCUT2D eigenvalue weighted by Gasteiger charge is -2.21. The number of aliphatic carboxylic acids is 1. The Balaban J connectivity index is 3.99. The second kappa shape index (κ2) is 5.14. The van der Waals surface area contributed by atoms with Crippen LogP contribution in [-0.2, 0) is 4.79 Å². The molecule has 0 aromatic carbocycles. The van der Waals surface area contributed by atoms with Crippen LogP contribution in [0.1, 0.15) is 33.6 Å². The minimum absolute atomic E-state index is 0.0705. The topological polar surface area (TPSA) is 57.5 Å². The van der Waals surface area contributed by atoms with Crippen molar-refractivity contribution in [1.82, 2.24) is 0 Å². The van der Waals surface area contributed by atoms with Crippen LogP contribution in [0.2, 0.25) is 0 Å². The Kier molecular flexibility index (Phi) is 4.90. The van der Waals surface area contributed by atoms with Crippen LogP contribution in [0.5, 0.6) is 0 Å². The van der Waals surface area contributed by atoms with E-state index in [1.165, 1.54) is 0 Å². The van der Waals surface area contributed by atoms with Crippen molar-refractivity contribution in [3.8, 4) is 0 Å². The fourth-order valence-electron chi connectivity index (χ4n) is 1.26. The Morgan fingerprint density at radius 3 is 2.25 bits per heavy atom. The second-order valence-corrected chi connectivity index (χ2v) is 3.38. The summed E-state index contributed by atoms with van der Waals surface area (Å²) >= 11 is 0. The number of hydrogen-bond donors (Lipinski definition) is 2. The SMILES string of the molecule is CCCC(C)C(O)C(C)C(=O)O. The van der Waals surface area contributed by atoms with Gasteiger partial charge in [0.1, 0.15) is 0 Å². The smallest absolute Gasteiger partial charge is 0.308 e. The number of carbonyl (C=O) groups is 1. The van der Waals surface area contributed by atoms with Crippen LogP contribution in [0, 0.1) is 11.8 Å². The van der Waals surface area contributed by atoms with Crippen molar-refractivity contribution in [3.63, 3.8) is 0 Å². The van der Waals surface area contributed by atoms with Crippen molar-refractivity contribution in [2.45, 2.75) is 39.7 Å². The highest BCUT2D eigenvalue weighted by molar-refractivity contribution is 5.70. The molecule has 0 heterocycles. The predicted octanol–water partition coefficient (Wildman–Crippen LogP) is 1.50. The van der Waals surface area contributed by atoms with Crippen molar-refractivity contribution in [2.75, 3.05) is 0 Å². The molecule has 0 aromatic rings. The van der Waals surface area contributed by atoms with Gasteiger partial charge in [-0.2, -0.15) is 0 Å². The highest BCUT2D eigenvalue weighted by atomic mass is 16.4. The van der Waals surface area contributed by atoms with E-state index in [-0.39, 0.29) is 5.92 Å². The Hall–Kier alpha value is -0.570. The van der Waals surface area contributed by atoms with Gasteiger partial charge in [0.2, 0.25) is 0 Å². The maximum absolute atomic E-state index is 10.5. The van der Waals surface area contributed by atoms with Crippen LogP contribution >= 0.6 is 0 Å². The fraction of sp³-hybridized carbons (Fsp3) is 0.889. The molecule has 0 spiro atoms. The van der Waals surface area contributed by atoms with Crippen LogP contribution in [-0.4, -0.2) is 22.3 Å². The van der Waals surface area contributed by atoms with E-state index in [4.69, 9.17) is 5.11 Å². The van der Waals surface area contributed by atoms with Gasteiger partial charge in [-0.05, 0) is 19.3 Å². The third-order valence-corrected chi connectivity index (χ3v) is 2.23. The molecule has 0 aromatic heterocycles. The molecular formula is C9H18O3. The van der Waals surface area contributed by atoms with E-state index in [9.17, 15) is 9.90 Å². The number of rotatable bonds is 5. The number of carboxylic acid groups (broad SMARTS) is 1. The highest BCUT2D eigenvalue weighted by Gasteiger charge is 2.25. The van der Waals surface area contributed by atoms with Crippen molar-refractivity contribution in [1.29, 1.82) is 0 Å². The molecular weight excluding hydrogens is 156 g/mol. The third-order valence-electron chi connectivity index (χ3n) is 2.23. The van der Waals surface area contributed by atoms with Gasteiger partial charge in [-0.15, -0.1) is 0 Å². The zero-order chi connectivity index (χ0) is 9.72. The minimum atomic E-state index is -0.926. The normalized spacial score (nSPS) is 18.3. The monoisotopic (exact) mass is 174 g/mol. The molecule has 0 saturated heterocycles. The minimum Gasteiger partial charge on any atom is -0.481 e. The molecule has 0 saturated carbocycles. The second-order valence-electron chi connectivity index (χ2n) is 3.38. The molecule has 3 heteroatoms. The van der Waals surface area contributed by atoms with Gasteiger partial charge in [-0.25, -0.2) is 0 Å². The molecule has 2 N–H and O–H groups in total. The number of aliphatic hydroxyl groups excluding tert-OH is 1. The maximum atomic E-state index is 10.5. The molecule has 0 aliphatic rings. The number of carboxylic acids is 1. The molecule has 0 rings (SSSR count). The molecule has 12 heavy (non-hydrogen) atoms. The van der Waals surface area contributed by atoms with E-state index in [0.717, 1.165) is 12.8 Å². The molecule has 0 aliphatic carbocycles. The van der Waals surface area contributed by atoms with Crippen molar-refractivity contribution in [2.24, 2.45) is 11.8 Å². The van der Waals surface area contributed by atoms with E-state index < -0.39 is 18.0 Å². The molecule has 3 nitrogen and oxygen atoms in total. The van der Waals surface area contributed by atoms with Crippen LogP contribution in [0.25, 0.3) is 0 Å². The average molecular weight is 174 g/mol. The van der Waals surface area contributed by atoms with Gasteiger partial charge in [0.25, 0.3) is 0 Å². The first-order chi connectivity index (χ1) is 5.50. The Morgan fingerprint density at radius 2 is 1.92 bits per heavy atom. The van der Waals surface area contributed by atoms with E-state index in [0.29, 0.717) is 0 Å². The first kappa shape index (κ1) is 11.4. The van der Waals surface area contributed by atoms with E-state index in [2.05, 4.69) is 0 Å². The first-order valence-corrected chi connectivity index (χ1v) is 4.41. The van der Waals surface area contributed by atoms with Gasteiger partial charge in [-0.3, -0.25) is 4.79 Å². The van der Waals surface area contributed by atoms with Gasteiger partial charge in [0, 0.05) is 0 Å². The van der Waals surface area contributed by atoms with Gasteiger partial charge in [-0.1, -0.05) is 20.3 Å². The van der Waals surface area contributed by atoms with Crippen LogP contribution in [0.15, 0.2) is 0 Å². The summed E-state index contributed by atoms with van der Waals surface area (Å²) in [7, 11) is 0. The lowest BCUT2D eigenvalue weighted by molar-refractivity contribution is -0.146. The van der Waals surface area contributed by atoms with Gasteiger partial charge in [0.15, 0.2) is 0 Å². The van der Waals surface area contributed by atoms with Crippen LogP contribution < -0.4 is 0 Å². The van der Waals surface area contributed by atoms with Crippen LogP contribution in [0.3, 0.4) is 0 Å². The van der Waals surface area contributed by atoms with E-state index in [1.54, 1.807) is 6.92 Å². The largest absolute Gasteiger partial charge is 0.481 e. The quantitative estimate of drug-likeness (QED) is 0.664. The molecule has 3 unspecified atom stereocenters.